The number of carbonyl (C=O) groups is 4. The molecule has 4 amide bonds. The van der Waals surface area contributed by atoms with E-state index in [0.717, 1.165) is 27.6 Å². The molecule has 2 aliphatic rings. The molecule has 3 aromatic carbocycles. The predicted molar refractivity (Wildman–Crippen MR) is 162 cm³/mol. The van der Waals surface area contributed by atoms with E-state index in [2.05, 4.69) is 10.6 Å². The molecule has 0 atom stereocenters. The number of thioether (sulfide) groups is 1. The number of nitrogens with one attached hydrogen (secondary N) is 2. The van der Waals surface area contributed by atoms with Gasteiger partial charge in [-0.2, -0.15) is 0 Å². The largest absolute Gasteiger partial charge is 0.495 e. The first kappa shape index (κ1) is 28.2. The molecule has 0 saturated carbocycles. The van der Waals surface area contributed by atoms with Crippen molar-refractivity contribution >= 4 is 74.7 Å². The number of halogens is 1. The molecule has 0 radical (unpaired) electrons. The number of rotatable bonds is 8. The van der Waals surface area contributed by atoms with Crippen LogP contribution in [0.5, 0.6) is 17.2 Å². The molecule has 0 bridgehead atoms. The Morgan fingerprint density at radius 1 is 0.977 bits per heavy atom. The normalized spacial score (nSPS) is 14.9. The van der Waals surface area contributed by atoms with Crippen LogP contribution in [0.2, 0.25) is 5.02 Å². The Bertz CT molecular complexity index is 1840. The third-order valence-electron chi connectivity index (χ3n) is 6.69. The fourth-order valence-corrected chi connectivity index (χ4v) is 5.80. The summed E-state index contributed by atoms with van der Waals surface area (Å²) in [6, 6.07) is 17.3. The molecule has 2 N–H and O–H groups in total. The highest BCUT2D eigenvalue weighted by molar-refractivity contribution is 8.18. The van der Waals surface area contributed by atoms with Crippen molar-refractivity contribution in [3.8, 4) is 17.2 Å². The van der Waals surface area contributed by atoms with Gasteiger partial charge in [0.05, 0.1) is 17.0 Å². The lowest BCUT2D eigenvalue weighted by Crippen LogP contribution is -2.36. The van der Waals surface area contributed by atoms with E-state index >= 15 is 0 Å². The molecule has 6 rings (SSSR count). The van der Waals surface area contributed by atoms with Crippen LogP contribution in [0.25, 0.3) is 17.0 Å². The number of ether oxygens (including phenoxy) is 3. The maximum Gasteiger partial charge on any atom is 0.294 e. The van der Waals surface area contributed by atoms with E-state index in [-0.39, 0.29) is 24.2 Å². The van der Waals surface area contributed by atoms with E-state index < -0.39 is 23.6 Å². The van der Waals surface area contributed by atoms with Crippen LogP contribution in [0.15, 0.2) is 71.8 Å². The SMILES string of the molecule is COc1ccc(NC(=O)CN2C(=O)S/C(=C\c3cn(CC(=O)Nc4ccc5c(c4)OCO5)c4ccccc34)C2=O)cc1Cl. The molecular weight excluding hydrogens is 596 g/mol. The average molecular weight is 619 g/mol. The number of methoxy groups -OCH3 is 1. The average Bonchev–Trinajstić information content (AvgIpc) is 3.66. The van der Waals surface area contributed by atoms with Crippen LogP contribution < -0.4 is 24.8 Å². The van der Waals surface area contributed by atoms with Crippen LogP contribution in [0, 0.1) is 0 Å². The molecule has 1 fully saturated rings. The molecule has 3 heterocycles. The smallest absolute Gasteiger partial charge is 0.294 e. The fourth-order valence-electron chi connectivity index (χ4n) is 4.72. The van der Waals surface area contributed by atoms with Gasteiger partial charge in [0, 0.05) is 40.1 Å². The minimum absolute atomic E-state index is 0.000177. The number of anilines is 2. The Kier molecular flexibility index (Phi) is 7.70. The molecule has 1 aromatic heterocycles. The maximum atomic E-state index is 13.2. The molecule has 218 valence electrons. The van der Waals surface area contributed by atoms with Crippen LogP contribution in [-0.2, 0) is 20.9 Å². The quantitative estimate of drug-likeness (QED) is 0.253. The van der Waals surface area contributed by atoms with Gasteiger partial charge in [0.1, 0.15) is 18.8 Å². The van der Waals surface area contributed by atoms with Crippen molar-refractivity contribution < 1.29 is 33.4 Å². The van der Waals surface area contributed by atoms with E-state index in [0.29, 0.717) is 39.2 Å². The molecular formula is C30H23ClN4O7S. The van der Waals surface area contributed by atoms with Crippen LogP contribution in [-0.4, -0.2) is 52.9 Å². The topological polar surface area (TPSA) is 128 Å². The highest BCUT2D eigenvalue weighted by atomic mass is 35.5. The van der Waals surface area contributed by atoms with Crippen molar-refractivity contribution in [2.75, 3.05) is 31.1 Å². The Hall–Kier alpha value is -4.94. The number of carbonyl (C=O) groups excluding carboxylic acids is 4. The molecule has 0 spiro atoms. The summed E-state index contributed by atoms with van der Waals surface area (Å²) in [5.74, 6) is 0.206. The lowest BCUT2D eigenvalue weighted by atomic mass is 10.1. The van der Waals surface area contributed by atoms with E-state index in [4.69, 9.17) is 25.8 Å². The summed E-state index contributed by atoms with van der Waals surface area (Å²) in [4.78, 5) is 52.5. The summed E-state index contributed by atoms with van der Waals surface area (Å²) >= 11 is 6.86. The molecule has 0 unspecified atom stereocenters. The fraction of sp³-hybridized carbons (Fsp3) is 0.133. The summed E-state index contributed by atoms with van der Waals surface area (Å²) < 4.78 is 17.6. The number of para-hydroxylation sites is 1. The van der Waals surface area contributed by atoms with E-state index in [1.807, 2.05) is 24.3 Å². The van der Waals surface area contributed by atoms with Crippen molar-refractivity contribution in [2.24, 2.45) is 0 Å². The number of aromatic nitrogens is 1. The van der Waals surface area contributed by atoms with Gasteiger partial charge in [0.25, 0.3) is 11.1 Å². The molecule has 2 aliphatic heterocycles. The molecule has 4 aromatic rings. The van der Waals surface area contributed by atoms with E-state index in [1.165, 1.54) is 13.2 Å². The maximum absolute atomic E-state index is 13.2. The number of nitrogens with zero attached hydrogens (tertiary/aromatic N) is 2. The number of benzene rings is 3. The number of hydrogen-bond acceptors (Lipinski definition) is 8. The van der Waals surface area contributed by atoms with Gasteiger partial charge < -0.3 is 29.4 Å². The van der Waals surface area contributed by atoms with Gasteiger partial charge in [-0.15, -0.1) is 0 Å². The highest BCUT2D eigenvalue weighted by Gasteiger charge is 2.36. The third kappa shape index (κ3) is 5.87. The first-order chi connectivity index (χ1) is 20.8. The van der Waals surface area contributed by atoms with Gasteiger partial charge in [-0.1, -0.05) is 29.8 Å². The Morgan fingerprint density at radius 2 is 1.70 bits per heavy atom. The summed E-state index contributed by atoms with van der Waals surface area (Å²) in [7, 11) is 1.48. The van der Waals surface area contributed by atoms with E-state index in [9.17, 15) is 19.2 Å². The van der Waals surface area contributed by atoms with Crippen molar-refractivity contribution in [3.05, 3.63) is 82.4 Å². The van der Waals surface area contributed by atoms with Crippen LogP contribution in [0.4, 0.5) is 16.2 Å². The van der Waals surface area contributed by atoms with Gasteiger partial charge in [-0.25, -0.2) is 0 Å². The van der Waals surface area contributed by atoms with Crippen LogP contribution in [0.1, 0.15) is 5.56 Å². The van der Waals surface area contributed by atoms with Crippen molar-refractivity contribution in [2.45, 2.75) is 6.54 Å². The van der Waals surface area contributed by atoms with Crippen molar-refractivity contribution in [1.82, 2.24) is 9.47 Å². The second kappa shape index (κ2) is 11.7. The Morgan fingerprint density at radius 3 is 2.49 bits per heavy atom. The second-order valence-corrected chi connectivity index (χ2v) is 10.9. The first-order valence-corrected chi connectivity index (χ1v) is 14.1. The molecule has 13 heteroatoms. The van der Waals surface area contributed by atoms with Gasteiger partial charge in [0.2, 0.25) is 18.6 Å². The zero-order chi connectivity index (χ0) is 30.1. The van der Waals surface area contributed by atoms with Crippen molar-refractivity contribution in [3.63, 3.8) is 0 Å². The molecule has 0 aliphatic carbocycles. The molecule has 11 nitrogen and oxygen atoms in total. The second-order valence-electron chi connectivity index (χ2n) is 9.51. The molecule has 1 saturated heterocycles. The molecule has 43 heavy (non-hydrogen) atoms. The van der Waals surface area contributed by atoms with E-state index in [1.54, 1.807) is 47.2 Å². The summed E-state index contributed by atoms with van der Waals surface area (Å²) in [5, 5.41) is 6.02. The lowest BCUT2D eigenvalue weighted by molar-refractivity contribution is -0.127. The zero-order valence-electron chi connectivity index (χ0n) is 22.6. The van der Waals surface area contributed by atoms with Gasteiger partial charge in [-0.05, 0) is 54.2 Å². The van der Waals surface area contributed by atoms with Gasteiger partial charge in [-0.3, -0.25) is 24.1 Å². The number of hydrogen-bond donors (Lipinski definition) is 2. The summed E-state index contributed by atoms with van der Waals surface area (Å²) in [5.41, 5.74) is 2.38. The Balaban J connectivity index is 1.16. The summed E-state index contributed by atoms with van der Waals surface area (Å²) in [6.45, 7) is -0.329. The van der Waals surface area contributed by atoms with Crippen LogP contribution in [0.3, 0.4) is 0 Å². The van der Waals surface area contributed by atoms with Crippen LogP contribution >= 0.6 is 23.4 Å². The van der Waals surface area contributed by atoms with Gasteiger partial charge in [0.15, 0.2) is 11.5 Å². The minimum atomic E-state index is -0.588. The Labute approximate surface area is 254 Å². The zero-order valence-corrected chi connectivity index (χ0v) is 24.2. The summed E-state index contributed by atoms with van der Waals surface area (Å²) in [6.07, 6.45) is 3.35. The monoisotopic (exact) mass is 618 g/mol. The minimum Gasteiger partial charge on any atom is -0.495 e. The number of fused-ring (bicyclic) bond motifs is 2. The predicted octanol–water partition coefficient (Wildman–Crippen LogP) is 5.35. The number of imide groups is 1. The first-order valence-electron chi connectivity index (χ1n) is 12.9. The highest BCUT2D eigenvalue weighted by Crippen LogP contribution is 2.36. The van der Waals surface area contributed by atoms with Gasteiger partial charge >= 0.3 is 0 Å². The standard InChI is InChI=1S/C30H23ClN4O7S/c1-40-23-8-6-18(11-21(23)31)32-28(37)15-35-29(38)26(43-30(35)39)10-17-13-34(22-5-3-2-4-20(17)22)14-27(36)33-19-7-9-24-25(12-19)42-16-41-24/h2-13H,14-16H2,1H3,(H,32,37)(H,33,36)/b26-10-. The number of amides is 4. The third-order valence-corrected chi connectivity index (χ3v) is 7.89. The lowest BCUT2D eigenvalue weighted by Gasteiger charge is -2.13. The van der Waals surface area contributed by atoms with Crippen molar-refractivity contribution in [1.29, 1.82) is 0 Å².